The van der Waals surface area contributed by atoms with Gasteiger partial charge in [0.1, 0.15) is 17.2 Å². The summed E-state index contributed by atoms with van der Waals surface area (Å²) in [4.78, 5) is 24.8. The molecule has 7 nitrogen and oxygen atoms in total. The molecule has 0 saturated carbocycles. The van der Waals surface area contributed by atoms with E-state index in [0.29, 0.717) is 43.1 Å². The highest BCUT2D eigenvalue weighted by Crippen LogP contribution is 2.38. The maximum Gasteiger partial charge on any atom is 0.573 e. The molecule has 2 saturated heterocycles. The van der Waals surface area contributed by atoms with Gasteiger partial charge in [0.2, 0.25) is 0 Å². The highest BCUT2D eigenvalue weighted by atomic mass is 19.4. The fourth-order valence-electron chi connectivity index (χ4n) is 5.76. The molecule has 3 N–H and O–H groups in total. The summed E-state index contributed by atoms with van der Waals surface area (Å²) in [6.07, 6.45) is -0.393. The number of fused-ring (bicyclic) bond motifs is 1. The lowest BCUT2D eigenvalue weighted by Gasteiger charge is -2.33. The highest BCUT2D eigenvalue weighted by Gasteiger charge is 2.32. The number of aromatic amines is 1. The molecule has 0 unspecified atom stereocenters. The zero-order valence-corrected chi connectivity index (χ0v) is 21.2. The summed E-state index contributed by atoms with van der Waals surface area (Å²) in [5.41, 5.74) is 8.29. The zero-order valence-electron chi connectivity index (χ0n) is 21.2. The predicted octanol–water partition coefficient (Wildman–Crippen LogP) is 5.40. The van der Waals surface area contributed by atoms with Gasteiger partial charge in [0, 0.05) is 47.4 Å². The molecule has 2 aromatic heterocycles. The topological polar surface area (TPSA) is 87.5 Å². The average Bonchev–Trinajstić information content (AvgIpc) is 3.32. The number of piperidine rings is 2. The minimum Gasteiger partial charge on any atom is -0.406 e. The smallest absolute Gasteiger partial charge is 0.406 e. The van der Waals surface area contributed by atoms with Gasteiger partial charge in [-0.1, -0.05) is 6.92 Å². The number of likely N-dealkylation sites (tertiary alicyclic amines) is 2. The molecular weight excluding hydrogens is 502 g/mol. The van der Waals surface area contributed by atoms with Crippen molar-refractivity contribution < 1.29 is 27.1 Å². The Bertz CT molecular complexity index is 1310. The summed E-state index contributed by atoms with van der Waals surface area (Å²) in [5.74, 6) is -0.902. The second-order valence-corrected chi connectivity index (χ2v) is 10.1. The zero-order chi connectivity index (χ0) is 27.0. The number of alkyl halides is 3. The van der Waals surface area contributed by atoms with Crippen LogP contribution < -0.4 is 10.5 Å². The minimum atomic E-state index is -4.85. The molecule has 2 aliphatic rings. The molecule has 0 radical (unpaired) electrons. The Labute approximate surface area is 217 Å². The van der Waals surface area contributed by atoms with E-state index in [1.165, 1.54) is 12.3 Å². The Hall–Kier alpha value is -3.34. The largest absolute Gasteiger partial charge is 0.573 e. The molecule has 0 bridgehead atoms. The number of pyridine rings is 1. The van der Waals surface area contributed by atoms with E-state index in [1.54, 1.807) is 4.90 Å². The lowest BCUT2D eigenvalue weighted by Crippen LogP contribution is -2.38. The normalized spacial score (nSPS) is 18.3. The van der Waals surface area contributed by atoms with Crippen molar-refractivity contribution in [1.29, 1.82) is 0 Å². The van der Waals surface area contributed by atoms with E-state index in [4.69, 9.17) is 5.73 Å². The van der Waals surface area contributed by atoms with E-state index in [0.717, 1.165) is 55.7 Å². The standard InChI is InChI=1S/C27H31F4N5O2/c1-2-35-9-5-16(6-10-35)23-14-20-24(21(28)15-33-25(20)34-23)17-7-11-36(12-8-17)26(37)19-4-3-18(13-22(19)32)38-27(29,30)31/h3-4,13-17H,2,5-12,32H2,1H3,(H,33,34). The number of halogens is 4. The quantitative estimate of drug-likeness (QED) is 0.339. The Kier molecular flexibility index (Phi) is 7.21. The first-order valence-electron chi connectivity index (χ1n) is 13.0. The fraction of sp³-hybridized carbons (Fsp3) is 0.481. The molecule has 11 heteroatoms. The molecule has 2 fully saturated rings. The van der Waals surface area contributed by atoms with E-state index >= 15 is 4.39 Å². The summed E-state index contributed by atoms with van der Waals surface area (Å²) in [6, 6.07) is 5.35. The number of ether oxygens (including phenoxy) is 1. The molecule has 0 atom stereocenters. The monoisotopic (exact) mass is 533 g/mol. The molecule has 1 amide bonds. The Morgan fingerprint density at radius 1 is 1.11 bits per heavy atom. The van der Waals surface area contributed by atoms with Gasteiger partial charge in [-0.25, -0.2) is 9.37 Å². The molecular formula is C27H31F4N5O2. The van der Waals surface area contributed by atoms with Crippen LogP contribution in [0.4, 0.5) is 23.2 Å². The number of carbonyl (C=O) groups excluding carboxylic acids is 1. The van der Waals surface area contributed by atoms with Gasteiger partial charge in [0.05, 0.1) is 11.8 Å². The summed E-state index contributed by atoms with van der Waals surface area (Å²) in [7, 11) is 0. The van der Waals surface area contributed by atoms with Gasteiger partial charge < -0.3 is 25.3 Å². The van der Waals surface area contributed by atoms with Crippen LogP contribution in [0.15, 0.2) is 30.5 Å². The molecule has 204 valence electrons. The third-order valence-corrected chi connectivity index (χ3v) is 7.82. The summed E-state index contributed by atoms with van der Waals surface area (Å²) in [6.45, 7) is 6.04. The predicted molar refractivity (Wildman–Crippen MR) is 136 cm³/mol. The van der Waals surface area contributed by atoms with Crippen molar-refractivity contribution in [1.82, 2.24) is 19.8 Å². The SMILES string of the molecule is CCN1CCC(c2cc3c(C4CCN(C(=O)c5ccc(OC(F)(F)F)cc5N)CC4)c(F)cnc3[nH]2)CC1. The first-order chi connectivity index (χ1) is 18.1. The van der Waals surface area contributed by atoms with Crippen molar-refractivity contribution in [2.24, 2.45) is 0 Å². The number of nitrogens with zero attached hydrogens (tertiary/aromatic N) is 3. The van der Waals surface area contributed by atoms with E-state index in [1.807, 2.05) is 0 Å². The first-order valence-corrected chi connectivity index (χ1v) is 13.0. The Morgan fingerprint density at radius 2 is 1.79 bits per heavy atom. The number of anilines is 1. The van der Waals surface area contributed by atoms with Gasteiger partial charge in [-0.15, -0.1) is 13.2 Å². The van der Waals surface area contributed by atoms with Crippen molar-refractivity contribution in [2.45, 2.75) is 50.8 Å². The lowest BCUT2D eigenvalue weighted by atomic mass is 9.87. The van der Waals surface area contributed by atoms with Crippen molar-refractivity contribution in [3.63, 3.8) is 0 Å². The molecule has 4 heterocycles. The number of nitrogens with one attached hydrogen (secondary N) is 1. The number of hydrogen-bond acceptors (Lipinski definition) is 5. The van der Waals surface area contributed by atoms with Crippen LogP contribution in [-0.4, -0.2) is 64.8 Å². The number of H-pyrrole nitrogens is 1. The third kappa shape index (κ3) is 5.43. The van der Waals surface area contributed by atoms with Crippen LogP contribution in [-0.2, 0) is 0 Å². The first kappa shape index (κ1) is 26.3. The summed E-state index contributed by atoms with van der Waals surface area (Å²) >= 11 is 0. The molecule has 0 aliphatic carbocycles. The van der Waals surface area contributed by atoms with Crippen molar-refractivity contribution in [3.05, 3.63) is 53.1 Å². The number of rotatable bonds is 5. The molecule has 1 aromatic carbocycles. The van der Waals surface area contributed by atoms with Gasteiger partial charge in [-0.3, -0.25) is 4.79 Å². The lowest BCUT2D eigenvalue weighted by molar-refractivity contribution is -0.274. The van der Waals surface area contributed by atoms with Crippen LogP contribution in [0, 0.1) is 5.82 Å². The molecule has 5 rings (SSSR count). The highest BCUT2D eigenvalue weighted by molar-refractivity contribution is 5.99. The van der Waals surface area contributed by atoms with Crippen LogP contribution in [0.1, 0.15) is 66.1 Å². The number of aromatic nitrogens is 2. The van der Waals surface area contributed by atoms with Crippen molar-refractivity contribution >= 4 is 22.6 Å². The number of nitrogens with two attached hydrogens (primary N) is 1. The number of hydrogen-bond donors (Lipinski definition) is 2. The molecule has 38 heavy (non-hydrogen) atoms. The van der Waals surface area contributed by atoms with Crippen molar-refractivity contribution in [3.8, 4) is 5.75 Å². The second-order valence-electron chi connectivity index (χ2n) is 10.1. The number of carbonyl (C=O) groups is 1. The van der Waals surface area contributed by atoms with Crippen LogP contribution in [0.2, 0.25) is 0 Å². The number of nitrogen functional groups attached to an aromatic ring is 1. The van der Waals surface area contributed by atoms with Gasteiger partial charge >= 0.3 is 6.36 Å². The van der Waals surface area contributed by atoms with E-state index in [-0.39, 0.29) is 28.9 Å². The third-order valence-electron chi connectivity index (χ3n) is 7.82. The Balaban J connectivity index is 1.29. The molecule has 3 aromatic rings. The van der Waals surface area contributed by atoms with Crippen molar-refractivity contribution in [2.75, 3.05) is 38.5 Å². The van der Waals surface area contributed by atoms with Crippen LogP contribution in [0.25, 0.3) is 11.0 Å². The average molecular weight is 534 g/mol. The molecule has 0 spiro atoms. The van der Waals surface area contributed by atoms with Crippen LogP contribution in [0.3, 0.4) is 0 Å². The fourth-order valence-corrected chi connectivity index (χ4v) is 5.76. The van der Waals surface area contributed by atoms with Crippen LogP contribution in [0.5, 0.6) is 5.75 Å². The summed E-state index contributed by atoms with van der Waals surface area (Å²) in [5, 5.41) is 0.798. The summed E-state index contributed by atoms with van der Waals surface area (Å²) < 4.78 is 56.4. The Morgan fingerprint density at radius 3 is 2.42 bits per heavy atom. The minimum absolute atomic E-state index is 0.0879. The number of benzene rings is 1. The maximum absolute atomic E-state index is 15.1. The van der Waals surface area contributed by atoms with Gasteiger partial charge in [-0.2, -0.15) is 0 Å². The number of amides is 1. The van der Waals surface area contributed by atoms with Gasteiger partial charge in [0.15, 0.2) is 0 Å². The van der Waals surface area contributed by atoms with E-state index in [9.17, 15) is 18.0 Å². The van der Waals surface area contributed by atoms with Gasteiger partial charge in [0.25, 0.3) is 5.91 Å². The van der Waals surface area contributed by atoms with Crippen LogP contribution >= 0.6 is 0 Å². The van der Waals surface area contributed by atoms with Gasteiger partial charge in [-0.05, 0) is 69.4 Å². The molecule has 2 aliphatic heterocycles. The van der Waals surface area contributed by atoms with E-state index < -0.39 is 12.1 Å². The van der Waals surface area contributed by atoms with E-state index in [2.05, 4.69) is 32.6 Å². The maximum atomic E-state index is 15.1. The second kappa shape index (κ2) is 10.4.